The van der Waals surface area contributed by atoms with E-state index in [9.17, 15) is 0 Å². The molecule has 0 bridgehead atoms. The van der Waals surface area contributed by atoms with E-state index in [1.165, 1.54) is 11.3 Å². The van der Waals surface area contributed by atoms with Crippen LogP contribution in [0.25, 0.3) is 0 Å². The van der Waals surface area contributed by atoms with Crippen molar-refractivity contribution in [2.45, 2.75) is 25.7 Å². The van der Waals surface area contributed by atoms with Crippen LogP contribution in [0.15, 0.2) is 48.7 Å². The van der Waals surface area contributed by atoms with Crippen molar-refractivity contribution in [3.05, 3.63) is 59.9 Å². The van der Waals surface area contributed by atoms with Gasteiger partial charge < -0.3 is 9.47 Å². The molecule has 0 aliphatic rings. The molecule has 2 heteroatoms. The second kappa shape index (κ2) is 7.30. The molecule has 0 spiro atoms. The highest BCUT2D eigenvalue weighted by Gasteiger charge is 2.28. The predicted molar refractivity (Wildman–Crippen MR) is 88.2 cm³/mol. The Labute approximate surface area is 124 Å². The smallest absolute Gasteiger partial charge is 0.0324 e. The van der Waals surface area contributed by atoms with Crippen LogP contribution in [0.2, 0.25) is 0 Å². The zero-order valence-electron chi connectivity index (χ0n) is 13.7. The quantitative estimate of drug-likeness (QED) is 0.822. The van der Waals surface area contributed by atoms with E-state index in [2.05, 4.69) is 74.1 Å². The molecule has 0 N–H and O–H groups in total. The first-order valence-corrected chi connectivity index (χ1v) is 7.20. The maximum absolute atomic E-state index is 2.32. The minimum atomic E-state index is 0.111. The van der Waals surface area contributed by atoms with E-state index in [4.69, 9.17) is 0 Å². The number of aromatic nitrogens is 1. The van der Waals surface area contributed by atoms with E-state index in [0.29, 0.717) is 0 Å². The topological polar surface area (TPSA) is 8.17 Å². The summed E-state index contributed by atoms with van der Waals surface area (Å²) in [6, 6.07) is 15.1. The van der Waals surface area contributed by atoms with Gasteiger partial charge in [0.05, 0.1) is 0 Å². The lowest BCUT2D eigenvalue weighted by Gasteiger charge is -2.30. The largest absolute Gasteiger partial charge is 0.354 e. The molecule has 0 amide bonds. The minimum absolute atomic E-state index is 0.111. The van der Waals surface area contributed by atoms with Crippen molar-refractivity contribution in [1.29, 1.82) is 0 Å². The molecule has 0 fully saturated rings. The van der Waals surface area contributed by atoms with E-state index in [0.717, 1.165) is 6.42 Å². The Morgan fingerprint density at radius 3 is 1.95 bits per heavy atom. The summed E-state index contributed by atoms with van der Waals surface area (Å²) in [4.78, 5) is 2.00. The Morgan fingerprint density at radius 1 is 1.00 bits per heavy atom. The molecule has 0 saturated carbocycles. The summed E-state index contributed by atoms with van der Waals surface area (Å²) < 4.78 is 2.22. The van der Waals surface area contributed by atoms with Gasteiger partial charge in [-0.25, -0.2) is 0 Å². The number of hydrogen-bond acceptors (Lipinski definition) is 1. The Bertz CT molecular complexity index is 496. The molecular formula is C18H28N2. The van der Waals surface area contributed by atoms with E-state index >= 15 is 0 Å². The second-order valence-electron chi connectivity index (χ2n) is 5.90. The van der Waals surface area contributed by atoms with Gasteiger partial charge in [0, 0.05) is 24.4 Å². The molecule has 2 aromatic rings. The van der Waals surface area contributed by atoms with E-state index < -0.39 is 0 Å². The summed E-state index contributed by atoms with van der Waals surface area (Å²) in [5.41, 5.74) is 2.87. The normalized spacial score (nSPS) is 13.6. The highest BCUT2D eigenvalue weighted by Crippen LogP contribution is 2.34. The van der Waals surface area contributed by atoms with Crippen LogP contribution in [-0.4, -0.2) is 30.6 Å². The third-order valence-electron chi connectivity index (χ3n) is 3.63. The molecule has 1 unspecified atom stereocenters. The molecule has 2 nitrogen and oxygen atoms in total. The number of nitrogens with zero attached hydrogens (tertiary/aromatic N) is 2. The maximum Gasteiger partial charge on any atom is 0.0324 e. The van der Waals surface area contributed by atoms with Gasteiger partial charge in [-0.15, -0.1) is 0 Å². The standard InChI is InChI=1S/C15H19N.C3H9N/c1-4-15(2,13-9-6-5-7-10-13)14-11-8-12-16(14)3;1-4(2)3/h5-12H,4H2,1-3H3;1-3H3. The van der Waals surface area contributed by atoms with Gasteiger partial charge in [-0.1, -0.05) is 37.3 Å². The summed E-state index contributed by atoms with van der Waals surface area (Å²) in [5.74, 6) is 0. The second-order valence-corrected chi connectivity index (χ2v) is 5.90. The number of hydrogen-bond donors (Lipinski definition) is 0. The van der Waals surface area contributed by atoms with Crippen LogP contribution < -0.4 is 0 Å². The van der Waals surface area contributed by atoms with Gasteiger partial charge in [0.15, 0.2) is 0 Å². The Balaban J connectivity index is 0.000000444. The molecule has 0 radical (unpaired) electrons. The van der Waals surface area contributed by atoms with E-state index in [1.54, 1.807) is 0 Å². The monoisotopic (exact) mass is 272 g/mol. The molecule has 0 aliphatic carbocycles. The van der Waals surface area contributed by atoms with Crippen molar-refractivity contribution in [1.82, 2.24) is 9.47 Å². The molecule has 1 aromatic carbocycles. The summed E-state index contributed by atoms with van der Waals surface area (Å²) in [7, 11) is 8.12. The molecular weight excluding hydrogens is 244 g/mol. The molecule has 1 aromatic heterocycles. The van der Waals surface area contributed by atoms with Crippen molar-refractivity contribution >= 4 is 0 Å². The zero-order chi connectivity index (χ0) is 15.2. The Kier molecular flexibility index (Phi) is 6.03. The van der Waals surface area contributed by atoms with Gasteiger partial charge in [0.25, 0.3) is 0 Å². The zero-order valence-corrected chi connectivity index (χ0v) is 13.7. The fourth-order valence-corrected chi connectivity index (χ4v) is 2.37. The first kappa shape index (κ1) is 16.5. The fourth-order valence-electron chi connectivity index (χ4n) is 2.37. The van der Waals surface area contributed by atoms with Crippen LogP contribution in [0, 0.1) is 0 Å². The van der Waals surface area contributed by atoms with Gasteiger partial charge in [-0.05, 0) is 52.2 Å². The average Bonchev–Trinajstić information content (AvgIpc) is 2.85. The van der Waals surface area contributed by atoms with Crippen LogP contribution in [0.1, 0.15) is 31.5 Å². The van der Waals surface area contributed by atoms with E-state index in [1.807, 2.05) is 26.0 Å². The van der Waals surface area contributed by atoms with Gasteiger partial charge in [-0.3, -0.25) is 0 Å². The van der Waals surface area contributed by atoms with Gasteiger partial charge in [-0.2, -0.15) is 0 Å². The lowest BCUT2D eigenvalue weighted by molar-refractivity contribution is 0.505. The van der Waals surface area contributed by atoms with Gasteiger partial charge in [0.1, 0.15) is 0 Å². The highest BCUT2D eigenvalue weighted by molar-refractivity contribution is 5.35. The van der Waals surface area contributed by atoms with Gasteiger partial charge >= 0.3 is 0 Å². The van der Waals surface area contributed by atoms with Crippen LogP contribution >= 0.6 is 0 Å². The molecule has 0 saturated heterocycles. The van der Waals surface area contributed by atoms with E-state index in [-0.39, 0.29) is 5.41 Å². The van der Waals surface area contributed by atoms with Gasteiger partial charge in [0.2, 0.25) is 0 Å². The van der Waals surface area contributed by atoms with Crippen LogP contribution in [-0.2, 0) is 12.5 Å². The fraction of sp³-hybridized carbons (Fsp3) is 0.444. The van der Waals surface area contributed by atoms with Crippen LogP contribution in [0.5, 0.6) is 0 Å². The summed E-state index contributed by atoms with van der Waals surface area (Å²) in [6.07, 6.45) is 3.22. The number of benzene rings is 1. The van der Waals surface area contributed by atoms with Crippen molar-refractivity contribution in [2.75, 3.05) is 21.1 Å². The Morgan fingerprint density at radius 2 is 1.55 bits per heavy atom. The average molecular weight is 272 g/mol. The molecule has 2 rings (SSSR count). The summed E-state index contributed by atoms with van der Waals surface area (Å²) in [6.45, 7) is 4.57. The lowest BCUT2D eigenvalue weighted by Crippen LogP contribution is -2.25. The third-order valence-corrected chi connectivity index (χ3v) is 3.63. The Hall–Kier alpha value is -1.54. The third kappa shape index (κ3) is 3.97. The number of rotatable bonds is 3. The first-order valence-electron chi connectivity index (χ1n) is 7.20. The van der Waals surface area contributed by atoms with Crippen LogP contribution in [0.3, 0.4) is 0 Å². The molecule has 1 atom stereocenters. The van der Waals surface area contributed by atoms with Crippen molar-refractivity contribution < 1.29 is 0 Å². The molecule has 110 valence electrons. The lowest BCUT2D eigenvalue weighted by atomic mass is 9.77. The molecule has 0 aliphatic heterocycles. The van der Waals surface area contributed by atoms with Crippen molar-refractivity contribution in [3.63, 3.8) is 0 Å². The highest BCUT2D eigenvalue weighted by atomic mass is 15.0. The summed E-state index contributed by atoms with van der Waals surface area (Å²) >= 11 is 0. The maximum atomic E-state index is 2.32. The predicted octanol–water partition coefficient (Wildman–Crippen LogP) is 3.92. The number of aryl methyl sites for hydroxylation is 1. The minimum Gasteiger partial charge on any atom is -0.354 e. The molecule has 20 heavy (non-hydrogen) atoms. The van der Waals surface area contributed by atoms with Crippen molar-refractivity contribution in [2.24, 2.45) is 7.05 Å². The summed E-state index contributed by atoms with van der Waals surface area (Å²) in [5, 5.41) is 0. The van der Waals surface area contributed by atoms with Crippen LogP contribution in [0.4, 0.5) is 0 Å². The first-order chi connectivity index (χ1) is 9.41. The SMILES string of the molecule is CCC(C)(c1ccccc1)c1cccn1C.CN(C)C. The molecule has 1 heterocycles. The van der Waals surface area contributed by atoms with Crippen molar-refractivity contribution in [3.8, 4) is 0 Å².